The standard InChI is InChI=1S/C11H21NOS/c1-14(13)8-2-7-12-11(9-3-4-9)10-5-6-10/h9-12H,2-8H2,1H3. The minimum absolute atomic E-state index is 0.610. The molecule has 2 aliphatic carbocycles. The molecule has 1 atom stereocenters. The summed E-state index contributed by atoms with van der Waals surface area (Å²) < 4.78 is 10.9. The van der Waals surface area contributed by atoms with E-state index < -0.39 is 10.8 Å². The van der Waals surface area contributed by atoms with Crippen LogP contribution in [0.1, 0.15) is 32.1 Å². The topological polar surface area (TPSA) is 29.1 Å². The average molecular weight is 215 g/mol. The SMILES string of the molecule is CS(=O)CCCNC(C1CC1)C1CC1. The van der Waals surface area contributed by atoms with Crippen molar-refractivity contribution in [1.82, 2.24) is 5.32 Å². The highest BCUT2D eigenvalue weighted by Gasteiger charge is 2.40. The van der Waals surface area contributed by atoms with Gasteiger partial charge in [-0.2, -0.15) is 0 Å². The van der Waals surface area contributed by atoms with E-state index in [1.807, 2.05) is 0 Å². The molecule has 0 radical (unpaired) electrons. The first-order valence-corrected chi connectivity index (χ1v) is 7.53. The lowest BCUT2D eigenvalue weighted by molar-refractivity contribution is 0.418. The largest absolute Gasteiger partial charge is 0.313 e. The van der Waals surface area contributed by atoms with E-state index in [9.17, 15) is 4.21 Å². The molecule has 2 fully saturated rings. The van der Waals surface area contributed by atoms with Crippen LogP contribution < -0.4 is 5.32 Å². The van der Waals surface area contributed by atoms with Crippen molar-refractivity contribution in [3.8, 4) is 0 Å². The fourth-order valence-electron chi connectivity index (χ4n) is 2.17. The third kappa shape index (κ3) is 3.35. The molecular weight excluding hydrogens is 194 g/mol. The van der Waals surface area contributed by atoms with Crippen LogP contribution in [0.25, 0.3) is 0 Å². The number of hydrogen-bond donors (Lipinski definition) is 1. The molecule has 0 spiro atoms. The van der Waals surface area contributed by atoms with E-state index in [-0.39, 0.29) is 0 Å². The summed E-state index contributed by atoms with van der Waals surface area (Å²) in [5.74, 6) is 2.82. The molecule has 3 heteroatoms. The summed E-state index contributed by atoms with van der Waals surface area (Å²) in [6.45, 7) is 1.07. The van der Waals surface area contributed by atoms with Crippen LogP contribution in [0.15, 0.2) is 0 Å². The van der Waals surface area contributed by atoms with Gasteiger partial charge < -0.3 is 5.32 Å². The van der Waals surface area contributed by atoms with Crippen molar-refractivity contribution in [2.24, 2.45) is 11.8 Å². The third-order valence-corrected chi connectivity index (χ3v) is 4.11. The second kappa shape index (κ2) is 4.75. The Morgan fingerprint density at radius 2 is 1.86 bits per heavy atom. The number of rotatable bonds is 7. The maximum atomic E-state index is 10.9. The zero-order valence-corrected chi connectivity index (χ0v) is 9.81. The van der Waals surface area contributed by atoms with E-state index in [2.05, 4.69) is 5.32 Å². The van der Waals surface area contributed by atoms with Gasteiger partial charge in [0.15, 0.2) is 0 Å². The Morgan fingerprint density at radius 3 is 2.29 bits per heavy atom. The van der Waals surface area contributed by atoms with Gasteiger partial charge in [-0.25, -0.2) is 0 Å². The van der Waals surface area contributed by atoms with Crippen LogP contribution in [0.5, 0.6) is 0 Å². The van der Waals surface area contributed by atoms with Crippen molar-refractivity contribution in [2.45, 2.75) is 38.1 Å². The van der Waals surface area contributed by atoms with Crippen LogP contribution in [0.3, 0.4) is 0 Å². The van der Waals surface area contributed by atoms with Crippen LogP contribution >= 0.6 is 0 Å². The lowest BCUT2D eigenvalue weighted by Gasteiger charge is -2.17. The quantitative estimate of drug-likeness (QED) is 0.653. The van der Waals surface area contributed by atoms with Crippen LogP contribution in [0, 0.1) is 11.8 Å². The molecule has 2 aliphatic rings. The molecule has 1 unspecified atom stereocenters. The predicted molar refractivity (Wildman–Crippen MR) is 60.8 cm³/mol. The van der Waals surface area contributed by atoms with Gasteiger partial charge in [0.25, 0.3) is 0 Å². The summed E-state index contributed by atoms with van der Waals surface area (Å²) in [6.07, 6.45) is 8.61. The zero-order chi connectivity index (χ0) is 9.97. The molecule has 2 saturated carbocycles. The molecule has 0 aromatic carbocycles. The maximum Gasteiger partial charge on any atom is 0.0244 e. The van der Waals surface area contributed by atoms with Crippen molar-refractivity contribution in [2.75, 3.05) is 18.6 Å². The average Bonchev–Trinajstić information content (AvgIpc) is 2.99. The van der Waals surface area contributed by atoms with Gasteiger partial charge in [0, 0.05) is 28.9 Å². The fraction of sp³-hybridized carbons (Fsp3) is 1.00. The lowest BCUT2D eigenvalue weighted by atomic mass is 10.1. The normalized spacial score (nSPS) is 24.1. The molecule has 0 amide bonds. The first kappa shape index (κ1) is 10.6. The Bertz CT molecular complexity index is 199. The van der Waals surface area contributed by atoms with E-state index in [0.29, 0.717) is 0 Å². The van der Waals surface area contributed by atoms with E-state index in [4.69, 9.17) is 0 Å². The molecule has 2 rings (SSSR count). The highest BCUT2D eigenvalue weighted by Crippen LogP contribution is 2.44. The van der Waals surface area contributed by atoms with Gasteiger partial charge in [-0.3, -0.25) is 4.21 Å². The van der Waals surface area contributed by atoms with Gasteiger partial charge in [-0.1, -0.05) is 0 Å². The highest BCUT2D eigenvalue weighted by atomic mass is 32.2. The van der Waals surface area contributed by atoms with Crippen molar-refractivity contribution in [3.63, 3.8) is 0 Å². The monoisotopic (exact) mass is 215 g/mol. The summed E-state index contributed by atoms with van der Waals surface area (Å²) in [5.41, 5.74) is 0. The number of nitrogens with one attached hydrogen (secondary N) is 1. The molecule has 0 aromatic rings. The Morgan fingerprint density at radius 1 is 1.29 bits per heavy atom. The van der Waals surface area contributed by atoms with Crippen LogP contribution in [0.4, 0.5) is 0 Å². The summed E-state index contributed by atoms with van der Waals surface area (Å²) in [4.78, 5) is 0. The van der Waals surface area contributed by atoms with Crippen molar-refractivity contribution < 1.29 is 4.21 Å². The van der Waals surface area contributed by atoms with E-state index in [0.717, 1.165) is 36.6 Å². The van der Waals surface area contributed by atoms with Gasteiger partial charge in [-0.15, -0.1) is 0 Å². The van der Waals surface area contributed by atoms with Crippen molar-refractivity contribution in [1.29, 1.82) is 0 Å². The van der Waals surface area contributed by atoms with Crippen LogP contribution in [0.2, 0.25) is 0 Å². The molecule has 0 bridgehead atoms. The van der Waals surface area contributed by atoms with E-state index >= 15 is 0 Å². The van der Waals surface area contributed by atoms with Crippen molar-refractivity contribution >= 4 is 10.8 Å². The second-order valence-electron chi connectivity index (χ2n) is 4.79. The van der Waals surface area contributed by atoms with Gasteiger partial charge in [0.1, 0.15) is 0 Å². The Labute approximate surface area is 89.3 Å². The first-order valence-electron chi connectivity index (χ1n) is 5.81. The molecule has 0 saturated heterocycles. The molecule has 0 aliphatic heterocycles. The third-order valence-electron chi connectivity index (χ3n) is 3.25. The minimum atomic E-state index is -0.610. The van der Waals surface area contributed by atoms with Gasteiger partial charge in [0.2, 0.25) is 0 Å². The summed E-state index contributed by atoms with van der Waals surface area (Å²) in [6, 6.07) is 0.806. The highest BCUT2D eigenvalue weighted by molar-refractivity contribution is 7.84. The van der Waals surface area contributed by atoms with Crippen LogP contribution in [-0.2, 0) is 10.8 Å². The minimum Gasteiger partial charge on any atom is -0.313 e. The van der Waals surface area contributed by atoms with Gasteiger partial charge in [0.05, 0.1) is 0 Å². The Hall–Kier alpha value is 0.110. The van der Waals surface area contributed by atoms with E-state index in [1.54, 1.807) is 6.26 Å². The van der Waals surface area contributed by atoms with Crippen molar-refractivity contribution in [3.05, 3.63) is 0 Å². The summed E-state index contributed by atoms with van der Waals surface area (Å²) >= 11 is 0. The molecule has 1 N–H and O–H groups in total. The lowest BCUT2D eigenvalue weighted by Crippen LogP contribution is -2.34. The summed E-state index contributed by atoms with van der Waals surface area (Å²) in [7, 11) is -0.610. The first-order chi connectivity index (χ1) is 6.77. The Kier molecular flexibility index (Phi) is 3.61. The maximum absolute atomic E-state index is 10.9. The fourth-order valence-corrected chi connectivity index (χ4v) is 2.72. The van der Waals surface area contributed by atoms with Gasteiger partial charge in [-0.05, 0) is 50.5 Å². The molecular formula is C11H21NOS. The van der Waals surface area contributed by atoms with Crippen LogP contribution in [-0.4, -0.2) is 28.8 Å². The second-order valence-corrected chi connectivity index (χ2v) is 6.34. The molecule has 82 valence electrons. The zero-order valence-electron chi connectivity index (χ0n) is 9.00. The number of hydrogen-bond acceptors (Lipinski definition) is 2. The smallest absolute Gasteiger partial charge is 0.0244 e. The predicted octanol–water partition coefficient (Wildman–Crippen LogP) is 1.53. The Balaban J connectivity index is 1.59. The molecule has 0 heterocycles. The van der Waals surface area contributed by atoms with Gasteiger partial charge >= 0.3 is 0 Å². The molecule has 0 aromatic heterocycles. The van der Waals surface area contributed by atoms with E-state index in [1.165, 1.54) is 25.7 Å². The molecule has 2 nitrogen and oxygen atoms in total. The molecule has 14 heavy (non-hydrogen) atoms. The summed E-state index contributed by atoms with van der Waals surface area (Å²) in [5, 5.41) is 3.66.